The van der Waals surface area contributed by atoms with Gasteiger partial charge >= 0.3 is 6.09 Å². The molecule has 0 spiro atoms. The molecule has 1 aliphatic rings. The minimum Gasteiger partial charge on any atom is -0.447 e. The van der Waals surface area contributed by atoms with Gasteiger partial charge in [-0.2, -0.15) is 0 Å². The molecule has 35 heavy (non-hydrogen) atoms. The van der Waals surface area contributed by atoms with Crippen molar-refractivity contribution in [2.45, 2.75) is 116 Å². The second kappa shape index (κ2) is 20.5. The van der Waals surface area contributed by atoms with Gasteiger partial charge in [-0.15, -0.1) is 0 Å². The van der Waals surface area contributed by atoms with Gasteiger partial charge in [-0.3, -0.25) is 4.98 Å². The molecule has 6 nitrogen and oxygen atoms in total. The summed E-state index contributed by atoms with van der Waals surface area (Å²) in [6.07, 6.45) is 21.4. The van der Waals surface area contributed by atoms with E-state index < -0.39 is 6.09 Å². The van der Waals surface area contributed by atoms with Crippen LogP contribution in [-0.4, -0.2) is 43.6 Å². The van der Waals surface area contributed by atoms with Crippen LogP contribution in [0.4, 0.5) is 4.79 Å². The number of pyridine rings is 1. The molecule has 0 bridgehead atoms. The van der Waals surface area contributed by atoms with Crippen molar-refractivity contribution >= 4 is 6.09 Å². The first kappa shape index (κ1) is 29.6. The Morgan fingerprint density at radius 1 is 0.943 bits per heavy atom. The molecule has 1 fully saturated rings. The van der Waals surface area contributed by atoms with E-state index in [1.165, 1.54) is 83.5 Å². The van der Waals surface area contributed by atoms with Crippen LogP contribution in [0.25, 0.3) is 0 Å². The van der Waals surface area contributed by atoms with Crippen LogP contribution in [0.15, 0.2) is 24.4 Å². The first-order chi connectivity index (χ1) is 17.3. The number of nitrogens with zero attached hydrogens (tertiary/aromatic N) is 1. The van der Waals surface area contributed by atoms with Crippen molar-refractivity contribution in [1.82, 2.24) is 10.3 Å². The average Bonchev–Trinajstić information content (AvgIpc) is 3.34. The van der Waals surface area contributed by atoms with E-state index in [0.717, 1.165) is 31.7 Å². The maximum absolute atomic E-state index is 11.9. The third kappa shape index (κ3) is 15.8. The molecule has 0 unspecified atom stereocenters. The lowest BCUT2D eigenvalue weighted by Gasteiger charge is -2.11. The fraction of sp³-hybridized carbons (Fsp3) is 0.793. The topological polar surface area (TPSA) is 69.7 Å². The zero-order valence-electron chi connectivity index (χ0n) is 22.2. The first-order valence-corrected chi connectivity index (χ1v) is 14.3. The highest BCUT2D eigenvalue weighted by Gasteiger charge is 2.26. The number of carbonyl (C=O) groups excluding carboxylic acids is 1. The minimum atomic E-state index is -0.434. The van der Waals surface area contributed by atoms with Gasteiger partial charge in [-0.05, 0) is 25.0 Å². The zero-order chi connectivity index (χ0) is 24.8. The summed E-state index contributed by atoms with van der Waals surface area (Å²) in [5.74, 6) is 0.395. The predicted molar refractivity (Wildman–Crippen MR) is 141 cm³/mol. The van der Waals surface area contributed by atoms with Crippen molar-refractivity contribution < 1.29 is 19.0 Å². The molecule has 1 aromatic rings. The van der Waals surface area contributed by atoms with Crippen molar-refractivity contribution in [3.8, 4) is 0 Å². The van der Waals surface area contributed by atoms with Crippen LogP contribution < -0.4 is 5.32 Å². The van der Waals surface area contributed by atoms with E-state index >= 15 is 0 Å². The molecule has 0 aromatic carbocycles. The molecule has 1 aromatic heterocycles. The summed E-state index contributed by atoms with van der Waals surface area (Å²) in [4.78, 5) is 16.0. The van der Waals surface area contributed by atoms with E-state index in [0.29, 0.717) is 19.1 Å². The molecule has 1 N–H and O–H groups in total. The lowest BCUT2D eigenvalue weighted by atomic mass is 10.0. The van der Waals surface area contributed by atoms with E-state index in [1.54, 1.807) is 6.20 Å². The third-order valence-corrected chi connectivity index (χ3v) is 6.70. The highest BCUT2D eigenvalue weighted by atomic mass is 16.6. The number of hydrogen-bond acceptors (Lipinski definition) is 5. The van der Waals surface area contributed by atoms with Crippen molar-refractivity contribution in [1.29, 1.82) is 0 Å². The number of alkyl carbamates (subject to hydrolysis) is 1. The molecule has 1 aliphatic heterocycles. The maximum Gasteiger partial charge on any atom is 0.407 e. The van der Waals surface area contributed by atoms with Crippen LogP contribution in [-0.2, 0) is 20.8 Å². The molecular formula is C29H50N2O4. The van der Waals surface area contributed by atoms with Gasteiger partial charge in [-0.1, -0.05) is 96.5 Å². The van der Waals surface area contributed by atoms with Crippen molar-refractivity contribution in [2.75, 3.05) is 26.4 Å². The van der Waals surface area contributed by atoms with Crippen LogP contribution in [0.2, 0.25) is 0 Å². The number of amides is 1. The summed E-state index contributed by atoms with van der Waals surface area (Å²) in [5.41, 5.74) is 0.803. The quantitative estimate of drug-likeness (QED) is 0.184. The molecule has 2 rings (SSSR count). The summed E-state index contributed by atoms with van der Waals surface area (Å²) in [6.45, 7) is 5.18. The molecule has 0 saturated carbocycles. The standard InChI is InChI=1S/C29H50N2O4/c1-2-3-4-5-6-7-8-9-10-11-12-13-14-17-20-33-23-26-21-28(34-24-26)25-35-29(32)31-22-27-18-15-16-19-30-27/h15-16,18-19,26,28H,2-14,17,20-25H2,1H3,(H,31,32)/t26-,28-/m0/s1. The summed E-state index contributed by atoms with van der Waals surface area (Å²) in [5, 5.41) is 2.72. The lowest BCUT2D eigenvalue weighted by Crippen LogP contribution is -2.27. The summed E-state index contributed by atoms with van der Waals surface area (Å²) < 4.78 is 16.9. The maximum atomic E-state index is 11.9. The number of unbranched alkanes of at least 4 members (excludes halogenated alkanes) is 13. The van der Waals surface area contributed by atoms with Gasteiger partial charge in [0.2, 0.25) is 0 Å². The Balaban J connectivity index is 1.31. The smallest absolute Gasteiger partial charge is 0.407 e. The average molecular weight is 491 g/mol. The van der Waals surface area contributed by atoms with Gasteiger partial charge < -0.3 is 19.5 Å². The highest BCUT2D eigenvalue weighted by Crippen LogP contribution is 2.20. The Kier molecular flexibility index (Phi) is 17.3. The molecule has 200 valence electrons. The van der Waals surface area contributed by atoms with Crippen LogP contribution >= 0.6 is 0 Å². The lowest BCUT2D eigenvalue weighted by molar-refractivity contribution is 0.0391. The Labute approximate surface area is 213 Å². The Morgan fingerprint density at radius 3 is 2.23 bits per heavy atom. The predicted octanol–water partition coefficient (Wildman–Crippen LogP) is 7.21. The van der Waals surface area contributed by atoms with Crippen LogP contribution in [0.5, 0.6) is 0 Å². The fourth-order valence-corrected chi connectivity index (χ4v) is 4.55. The van der Waals surface area contributed by atoms with Gasteiger partial charge in [0.1, 0.15) is 6.61 Å². The molecule has 0 aliphatic carbocycles. The Hall–Kier alpha value is -1.66. The molecule has 0 radical (unpaired) electrons. The van der Waals surface area contributed by atoms with Gasteiger partial charge in [0, 0.05) is 18.7 Å². The number of carbonyl (C=O) groups is 1. The van der Waals surface area contributed by atoms with Crippen molar-refractivity contribution in [3.05, 3.63) is 30.1 Å². The molecule has 6 heteroatoms. The van der Waals surface area contributed by atoms with Crippen molar-refractivity contribution in [3.63, 3.8) is 0 Å². The fourth-order valence-electron chi connectivity index (χ4n) is 4.55. The van der Waals surface area contributed by atoms with Crippen LogP contribution in [0, 0.1) is 5.92 Å². The first-order valence-electron chi connectivity index (χ1n) is 14.3. The van der Waals surface area contributed by atoms with Crippen molar-refractivity contribution in [2.24, 2.45) is 5.92 Å². The molecule has 2 heterocycles. The van der Waals surface area contributed by atoms with Gasteiger partial charge in [0.25, 0.3) is 0 Å². The van der Waals surface area contributed by atoms with Gasteiger partial charge in [0.15, 0.2) is 0 Å². The van der Waals surface area contributed by atoms with E-state index in [2.05, 4.69) is 17.2 Å². The second-order valence-corrected chi connectivity index (χ2v) is 10.0. The monoisotopic (exact) mass is 490 g/mol. The number of ether oxygens (including phenoxy) is 3. The molecule has 1 saturated heterocycles. The number of nitrogens with one attached hydrogen (secondary N) is 1. The van der Waals surface area contributed by atoms with Gasteiger partial charge in [0.05, 0.1) is 31.6 Å². The van der Waals surface area contributed by atoms with E-state index in [1.807, 2.05) is 18.2 Å². The normalized spacial score (nSPS) is 17.5. The number of aromatic nitrogens is 1. The Morgan fingerprint density at radius 2 is 1.60 bits per heavy atom. The second-order valence-electron chi connectivity index (χ2n) is 10.0. The van der Waals surface area contributed by atoms with E-state index in [4.69, 9.17) is 14.2 Å². The highest BCUT2D eigenvalue weighted by molar-refractivity contribution is 5.67. The van der Waals surface area contributed by atoms with E-state index in [-0.39, 0.29) is 12.7 Å². The molecular weight excluding hydrogens is 440 g/mol. The minimum absolute atomic E-state index is 0.0368. The molecule has 2 atom stereocenters. The Bertz CT molecular complexity index is 628. The SMILES string of the molecule is CCCCCCCCCCCCCCCCOC[C@H]1CO[C@H](COC(=O)NCc2ccccn2)C1. The van der Waals surface area contributed by atoms with Gasteiger partial charge in [-0.25, -0.2) is 4.79 Å². The summed E-state index contributed by atoms with van der Waals surface area (Å²) in [6, 6.07) is 5.60. The summed E-state index contributed by atoms with van der Waals surface area (Å²) >= 11 is 0. The molecule has 1 amide bonds. The number of rotatable bonds is 21. The third-order valence-electron chi connectivity index (χ3n) is 6.70. The van der Waals surface area contributed by atoms with Crippen LogP contribution in [0.3, 0.4) is 0 Å². The summed E-state index contributed by atoms with van der Waals surface area (Å²) in [7, 11) is 0. The zero-order valence-corrected chi connectivity index (χ0v) is 22.2. The van der Waals surface area contributed by atoms with Crippen LogP contribution in [0.1, 0.15) is 109 Å². The largest absolute Gasteiger partial charge is 0.447 e. The van der Waals surface area contributed by atoms with E-state index in [9.17, 15) is 4.79 Å². The number of hydrogen-bond donors (Lipinski definition) is 1.